The van der Waals surface area contributed by atoms with Crippen LogP contribution in [0.1, 0.15) is 19.4 Å². The molecule has 0 fully saturated rings. The zero-order chi connectivity index (χ0) is 18.4. The summed E-state index contributed by atoms with van der Waals surface area (Å²) in [7, 11) is 0. The van der Waals surface area contributed by atoms with Gasteiger partial charge in [-0.15, -0.1) is 0 Å². The van der Waals surface area contributed by atoms with Crippen molar-refractivity contribution in [3.8, 4) is 11.1 Å². The summed E-state index contributed by atoms with van der Waals surface area (Å²) in [6.07, 6.45) is 0.231. The van der Waals surface area contributed by atoms with Crippen LogP contribution >= 0.6 is 12.6 Å². The highest BCUT2D eigenvalue weighted by molar-refractivity contribution is 7.81. The highest BCUT2D eigenvalue weighted by Gasteiger charge is 2.25. The van der Waals surface area contributed by atoms with Gasteiger partial charge in [0.1, 0.15) is 6.04 Å². The van der Waals surface area contributed by atoms with Crippen molar-refractivity contribution in [3.63, 3.8) is 0 Å². The van der Waals surface area contributed by atoms with Crippen molar-refractivity contribution >= 4 is 24.5 Å². The molecule has 1 amide bonds. The van der Waals surface area contributed by atoms with Gasteiger partial charge in [-0.25, -0.2) is 4.79 Å². The fourth-order valence-electron chi connectivity index (χ4n) is 2.46. The van der Waals surface area contributed by atoms with Gasteiger partial charge in [0.15, 0.2) is 0 Å². The number of carbonyl (C=O) groups is 2. The molecule has 2 atom stereocenters. The van der Waals surface area contributed by atoms with Gasteiger partial charge in [0, 0.05) is 6.42 Å². The lowest BCUT2D eigenvalue weighted by molar-refractivity contribution is -0.141. The Hall–Kier alpha value is -2.27. The molecule has 0 aliphatic carbocycles. The van der Waals surface area contributed by atoms with Crippen LogP contribution in [0.25, 0.3) is 11.1 Å². The molecule has 0 saturated heterocycles. The van der Waals surface area contributed by atoms with E-state index in [0.717, 1.165) is 16.7 Å². The van der Waals surface area contributed by atoms with Crippen LogP contribution in [0.5, 0.6) is 0 Å². The SMILES string of the molecule is CC(C)[C@@H](S)C(=O)N[C@@H](Cc1ccc(-c2ccccc2)cc1)C(=O)O. The van der Waals surface area contributed by atoms with Crippen molar-refractivity contribution in [2.24, 2.45) is 5.92 Å². The number of carbonyl (C=O) groups excluding carboxylic acids is 1. The average Bonchev–Trinajstić information content (AvgIpc) is 2.61. The Labute approximate surface area is 153 Å². The van der Waals surface area contributed by atoms with Crippen LogP contribution in [0, 0.1) is 5.92 Å². The van der Waals surface area contributed by atoms with Crippen molar-refractivity contribution in [2.75, 3.05) is 0 Å². The van der Waals surface area contributed by atoms with Gasteiger partial charge in [0.05, 0.1) is 5.25 Å². The number of nitrogens with one attached hydrogen (secondary N) is 1. The Morgan fingerprint density at radius 1 is 1.00 bits per heavy atom. The highest BCUT2D eigenvalue weighted by Crippen LogP contribution is 2.20. The number of hydrogen-bond acceptors (Lipinski definition) is 3. The van der Waals surface area contributed by atoms with E-state index in [1.54, 1.807) is 0 Å². The molecule has 2 rings (SSSR count). The molecule has 25 heavy (non-hydrogen) atoms. The molecular weight excluding hydrogens is 334 g/mol. The second kappa shape index (κ2) is 8.72. The Balaban J connectivity index is 2.07. The Morgan fingerprint density at radius 2 is 1.56 bits per heavy atom. The maximum Gasteiger partial charge on any atom is 0.326 e. The van der Waals surface area contributed by atoms with Crippen LogP contribution < -0.4 is 5.32 Å². The topological polar surface area (TPSA) is 66.4 Å². The van der Waals surface area contributed by atoms with E-state index in [1.165, 1.54) is 0 Å². The molecular formula is C20H23NO3S. The summed E-state index contributed by atoms with van der Waals surface area (Å²) >= 11 is 4.24. The zero-order valence-corrected chi connectivity index (χ0v) is 15.2. The maximum atomic E-state index is 12.1. The smallest absolute Gasteiger partial charge is 0.326 e. The molecule has 0 spiro atoms. The lowest BCUT2D eigenvalue weighted by atomic mass is 10.0. The second-order valence-corrected chi connectivity index (χ2v) is 6.91. The van der Waals surface area contributed by atoms with E-state index >= 15 is 0 Å². The number of amides is 1. The summed E-state index contributed by atoms with van der Waals surface area (Å²) in [4.78, 5) is 23.6. The molecule has 0 radical (unpaired) electrons. The molecule has 2 aromatic rings. The first-order valence-corrected chi connectivity index (χ1v) is 8.75. The van der Waals surface area contributed by atoms with Gasteiger partial charge < -0.3 is 10.4 Å². The van der Waals surface area contributed by atoms with Gasteiger partial charge in [-0.3, -0.25) is 4.79 Å². The van der Waals surface area contributed by atoms with E-state index in [-0.39, 0.29) is 18.2 Å². The molecule has 2 N–H and O–H groups in total. The van der Waals surface area contributed by atoms with E-state index in [9.17, 15) is 14.7 Å². The maximum absolute atomic E-state index is 12.1. The van der Waals surface area contributed by atoms with Crippen molar-refractivity contribution < 1.29 is 14.7 Å². The van der Waals surface area contributed by atoms with Gasteiger partial charge in [-0.1, -0.05) is 68.4 Å². The van der Waals surface area contributed by atoms with Crippen molar-refractivity contribution in [3.05, 3.63) is 60.2 Å². The number of benzene rings is 2. The lowest BCUT2D eigenvalue weighted by Crippen LogP contribution is -2.46. The Bertz CT molecular complexity index is 713. The average molecular weight is 357 g/mol. The summed E-state index contributed by atoms with van der Waals surface area (Å²) in [5.74, 6) is -1.38. The number of thiol groups is 1. The minimum absolute atomic E-state index is 0.0305. The standard InChI is InChI=1S/C20H23NO3S/c1-13(2)18(25)19(22)21-17(20(23)24)12-14-8-10-16(11-9-14)15-6-4-3-5-7-15/h3-11,13,17-18,25H,12H2,1-2H3,(H,21,22)(H,23,24)/t17-,18+/m0/s1. The van der Waals surface area contributed by atoms with Gasteiger partial charge >= 0.3 is 5.97 Å². The second-order valence-electron chi connectivity index (χ2n) is 6.36. The predicted molar refractivity (Wildman–Crippen MR) is 103 cm³/mol. The van der Waals surface area contributed by atoms with Crippen LogP contribution in [0.4, 0.5) is 0 Å². The van der Waals surface area contributed by atoms with Gasteiger partial charge in [-0.05, 0) is 22.6 Å². The summed E-state index contributed by atoms with van der Waals surface area (Å²) in [6, 6.07) is 16.7. The normalized spacial score (nSPS) is 13.3. The molecule has 2 aromatic carbocycles. The third-order valence-electron chi connectivity index (χ3n) is 4.02. The van der Waals surface area contributed by atoms with Crippen LogP contribution in [-0.2, 0) is 16.0 Å². The third-order valence-corrected chi connectivity index (χ3v) is 4.85. The minimum atomic E-state index is -1.05. The minimum Gasteiger partial charge on any atom is -0.480 e. The number of hydrogen-bond donors (Lipinski definition) is 3. The van der Waals surface area contributed by atoms with E-state index in [1.807, 2.05) is 68.4 Å². The highest BCUT2D eigenvalue weighted by atomic mass is 32.1. The van der Waals surface area contributed by atoms with E-state index in [4.69, 9.17) is 0 Å². The molecule has 0 aromatic heterocycles. The largest absolute Gasteiger partial charge is 0.480 e. The number of aliphatic carboxylic acids is 1. The summed E-state index contributed by atoms with van der Waals surface area (Å²) in [5.41, 5.74) is 3.02. The molecule has 0 saturated carbocycles. The molecule has 0 heterocycles. The molecule has 0 aliphatic heterocycles. The number of carboxylic acids is 1. The Morgan fingerprint density at radius 3 is 2.08 bits per heavy atom. The monoisotopic (exact) mass is 357 g/mol. The molecule has 132 valence electrons. The van der Waals surface area contributed by atoms with Crippen molar-refractivity contribution in [1.82, 2.24) is 5.32 Å². The zero-order valence-electron chi connectivity index (χ0n) is 14.3. The van der Waals surface area contributed by atoms with Crippen LogP contribution in [-0.4, -0.2) is 28.3 Å². The van der Waals surface area contributed by atoms with Crippen LogP contribution in [0.15, 0.2) is 54.6 Å². The van der Waals surface area contributed by atoms with Crippen molar-refractivity contribution in [1.29, 1.82) is 0 Å². The molecule has 0 bridgehead atoms. The van der Waals surface area contributed by atoms with Crippen molar-refractivity contribution in [2.45, 2.75) is 31.6 Å². The van der Waals surface area contributed by atoms with Gasteiger partial charge in [0.25, 0.3) is 0 Å². The molecule has 4 nitrogen and oxygen atoms in total. The summed E-state index contributed by atoms with van der Waals surface area (Å²) in [6.45, 7) is 3.74. The molecule has 0 aliphatic rings. The Kier molecular flexibility index (Phi) is 6.65. The molecule has 0 unspecified atom stereocenters. The van der Waals surface area contributed by atoms with Crippen LogP contribution in [0.2, 0.25) is 0 Å². The van der Waals surface area contributed by atoms with Crippen LogP contribution in [0.3, 0.4) is 0 Å². The lowest BCUT2D eigenvalue weighted by Gasteiger charge is -2.19. The first-order valence-electron chi connectivity index (χ1n) is 8.24. The summed E-state index contributed by atoms with van der Waals surface area (Å²) < 4.78 is 0. The van der Waals surface area contributed by atoms with E-state index < -0.39 is 17.3 Å². The van der Waals surface area contributed by atoms with Gasteiger partial charge in [-0.2, -0.15) is 12.6 Å². The number of rotatable bonds is 7. The fraction of sp³-hybridized carbons (Fsp3) is 0.300. The van der Waals surface area contributed by atoms with E-state index in [0.29, 0.717) is 0 Å². The quantitative estimate of drug-likeness (QED) is 0.665. The fourth-order valence-corrected chi connectivity index (χ4v) is 2.53. The summed E-state index contributed by atoms with van der Waals surface area (Å²) in [5, 5.41) is 11.4. The predicted octanol–water partition coefficient (Wildman–Crippen LogP) is 3.42. The number of carboxylic acid groups (broad SMARTS) is 1. The van der Waals surface area contributed by atoms with E-state index in [2.05, 4.69) is 17.9 Å². The first-order chi connectivity index (χ1) is 11.9. The molecule has 5 heteroatoms. The van der Waals surface area contributed by atoms with Gasteiger partial charge in [0.2, 0.25) is 5.91 Å². The first kappa shape index (κ1) is 19.1. The third kappa shape index (κ3) is 5.36.